The van der Waals surface area contributed by atoms with E-state index in [0.717, 1.165) is 10.2 Å². The monoisotopic (exact) mass is 365 g/mol. The third-order valence-electron chi connectivity index (χ3n) is 3.29. The summed E-state index contributed by atoms with van der Waals surface area (Å²) >= 11 is 3.29. The van der Waals surface area contributed by atoms with Gasteiger partial charge in [-0.3, -0.25) is 9.48 Å². The number of halogens is 1. The molecule has 0 saturated carbocycles. The number of rotatable bonds is 6. The van der Waals surface area contributed by atoms with Crippen LogP contribution in [0.25, 0.3) is 0 Å². The molecule has 1 heterocycles. The van der Waals surface area contributed by atoms with Gasteiger partial charge in [-0.05, 0) is 30.2 Å². The first-order valence-corrected chi connectivity index (χ1v) is 7.51. The van der Waals surface area contributed by atoms with Crippen LogP contribution in [0.1, 0.15) is 23.7 Å². The molecule has 0 bridgehead atoms. The minimum absolute atomic E-state index is 0.208. The summed E-state index contributed by atoms with van der Waals surface area (Å²) in [6.45, 7) is 0. The van der Waals surface area contributed by atoms with Gasteiger partial charge in [-0.2, -0.15) is 5.10 Å². The van der Waals surface area contributed by atoms with Gasteiger partial charge in [0.05, 0.1) is 0 Å². The van der Waals surface area contributed by atoms with Crippen LogP contribution in [0.5, 0.6) is 0 Å². The Labute approximate surface area is 136 Å². The molecule has 1 aromatic heterocycles. The fourth-order valence-electron chi connectivity index (χ4n) is 2.06. The molecule has 7 heteroatoms. The summed E-state index contributed by atoms with van der Waals surface area (Å²) in [4.78, 5) is 23.4. The molecule has 2 N–H and O–H groups in total. The Morgan fingerprint density at radius 3 is 2.55 bits per heavy atom. The number of carbonyl (C=O) groups is 2. The van der Waals surface area contributed by atoms with Gasteiger partial charge in [-0.1, -0.05) is 28.1 Å². The normalized spacial score (nSPS) is 11.9. The highest BCUT2D eigenvalue weighted by Crippen LogP contribution is 2.17. The third kappa shape index (κ3) is 4.17. The molecule has 1 amide bonds. The van der Waals surface area contributed by atoms with E-state index >= 15 is 0 Å². The number of carbonyl (C=O) groups excluding carboxylic acids is 1. The van der Waals surface area contributed by atoms with Crippen LogP contribution in [-0.2, 0) is 23.1 Å². The van der Waals surface area contributed by atoms with Crippen molar-refractivity contribution < 1.29 is 14.7 Å². The van der Waals surface area contributed by atoms with Crippen LogP contribution in [0.4, 0.5) is 0 Å². The molecule has 1 unspecified atom stereocenters. The molecule has 0 aliphatic carbocycles. The number of carboxylic acid groups (broad SMARTS) is 1. The molecule has 116 valence electrons. The Morgan fingerprint density at radius 1 is 1.32 bits per heavy atom. The Morgan fingerprint density at radius 2 is 2.00 bits per heavy atom. The Bertz CT molecular complexity index is 667. The zero-order valence-corrected chi connectivity index (χ0v) is 13.6. The number of nitrogens with zero attached hydrogens (tertiary/aromatic N) is 2. The van der Waals surface area contributed by atoms with Crippen LogP contribution in [0, 0.1) is 0 Å². The van der Waals surface area contributed by atoms with E-state index in [4.69, 9.17) is 0 Å². The second-order valence-corrected chi connectivity index (χ2v) is 5.75. The smallest absolute Gasteiger partial charge is 0.330 e. The van der Waals surface area contributed by atoms with E-state index in [0.29, 0.717) is 12.0 Å². The van der Waals surface area contributed by atoms with E-state index < -0.39 is 12.0 Å². The van der Waals surface area contributed by atoms with Crippen LogP contribution in [0.2, 0.25) is 0 Å². The first-order chi connectivity index (χ1) is 10.5. The SMILES string of the molecule is Cn1nccc1CCC(=O)NC(C(=O)O)c1ccc(Br)cc1. The summed E-state index contributed by atoms with van der Waals surface area (Å²) in [5.41, 5.74) is 1.45. The van der Waals surface area contributed by atoms with Crippen molar-refractivity contribution in [2.24, 2.45) is 7.05 Å². The lowest BCUT2D eigenvalue weighted by Gasteiger charge is -2.15. The van der Waals surface area contributed by atoms with Crippen LogP contribution in [-0.4, -0.2) is 26.8 Å². The van der Waals surface area contributed by atoms with Gasteiger partial charge in [0, 0.05) is 29.8 Å². The van der Waals surface area contributed by atoms with E-state index in [9.17, 15) is 14.7 Å². The molecule has 0 saturated heterocycles. The fraction of sp³-hybridized carbons (Fsp3) is 0.267. The summed E-state index contributed by atoms with van der Waals surface area (Å²) in [6.07, 6.45) is 2.38. The number of aliphatic carboxylic acids is 1. The van der Waals surface area contributed by atoms with E-state index in [1.165, 1.54) is 0 Å². The Hall–Kier alpha value is -2.15. The average molecular weight is 366 g/mol. The van der Waals surface area contributed by atoms with E-state index in [2.05, 4.69) is 26.3 Å². The zero-order valence-electron chi connectivity index (χ0n) is 12.0. The van der Waals surface area contributed by atoms with Crippen LogP contribution >= 0.6 is 15.9 Å². The molecule has 0 radical (unpaired) electrons. The summed E-state index contributed by atoms with van der Waals surface area (Å²) in [5.74, 6) is -1.40. The number of carboxylic acids is 1. The topological polar surface area (TPSA) is 84.2 Å². The number of hydrogen-bond acceptors (Lipinski definition) is 3. The highest BCUT2D eigenvalue weighted by atomic mass is 79.9. The fourth-order valence-corrected chi connectivity index (χ4v) is 2.33. The van der Waals surface area contributed by atoms with Crippen molar-refractivity contribution in [1.82, 2.24) is 15.1 Å². The summed E-state index contributed by atoms with van der Waals surface area (Å²) < 4.78 is 2.54. The van der Waals surface area contributed by atoms with Crippen molar-refractivity contribution in [3.05, 3.63) is 52.3 Å². The molecule has 2 rings (SSSR count). The largest absolute Gasteiger partial charge is 0.479 e. The van der Waals surface area contributed by atoms with Crippen molar-refractivity contribution in [3.63, 3.8) is 0 Å². The van der Waals surface area contributed by atoms with Crippen LogP contribution < -0.4 is 5.32 Å². The molecule has 22 heavy (non-hydrogen) atoms. The molecule has 0 spiro atoms. The predicted octanol–water partition coefficient (Wildman–Crippen LogP) is 2.06. The molecule has 1 aromatic carbocycles. The molecular weight excluding hydrogens is 350 g/mol. The lowest BCUT2D eigenvalue weighted by atomic mass is 10.1. The lowest BCUT2D eigenvalue weighted by molar-refractivity contribution is -0.142. The zero-order chi connectivity index (χ0) is 16.1. The van der Waals surface area contributed by atoms with E-state index in [1.807, 2.05) is 6.07 Å². The summed E-state index contributed by atoms with van der Waals surface area (Å²) in [6, 6.07) is 7.61. The Kier molecular flexibility index (Phi) is 5.32. The number of hydrogen-bond donors (Lipinski definition) is 2. The van der Waals surface area contributed by atoms with Gasteiger partial charge in [0.2, 0.25) is 5.91 Å². The molecule has 6 nitrogen and oxygen atoms in total. The standard InChI is InChI=1S/C15H16BrN3O3/c1-19-12(8-9-17-19)6-7-13(20)18-14(15(21)22)10-2-4-11(16)5-3-10/h2-5,8-9,14H,6-7H2,1H3,(H,18,20)(H,21,22). The van der Waals surface area contributed by atoms with Gasteiger partial charge in [-0.15, -0.1) is 0 Å². The van der Waals surface area contributed by atoms with E-state index in [-0.39, 0.29) is 12.3 Å². The molecule has 2 aromatic rings. The minimum Gasteiger partial charge on any atom is -0.479 e. The van der Waals surface area contributed by atoms with Gasteiger partial charge < -0.3 is 10.4 Å². The van der Waals surface area contributed by atoms with Crippen molar-refractivity contribution in [2.75, 3.05) is 0 Å². The maximum atomic E-state index is 12.0. The quantitative estimate of drug-likeness (QED) is 0.820. The third-order valence-corrected chi connectivity index (χ3v) is 3.81. The highest BCUT2D eigenvalue weighted by Gasteiger charge is 2.21. The number of amides is 1. The van der Waals surface area contributed by atoms with Gasteiger partial charge in [0.15, 0.2) is 6.04 Å². The molecule has 1 atom stereocenters. The summed E-state index contributed by atoms with van der Waals surface area (Å²) in [7, 11) is 1.80. The van der Waals surface area contributed by atoms with Crippen LogP contribution in [0.3, 0.4) is 0 Å². The number of nitrogens with one attached hydrogen (secondary N) is 1. The summed E-state index contributed by atoms with van der Waals surface area (Å²) in [5, 5.41) is 15.9. The number of benzene rings is 1. The van der Waals surface area contributed by atoms with Crippen LogP contribution in [0.15, 0.2) is 41.0 Å². The van der Waals surface area contributed by atoms with Gasteiger partial charge in [0.25, 0.3) is 0 Å². The maximum Gasteiger partial charge on any atom is 0.330 e. The van der Waals surface area contributed by atoms with Gasteiger partial charge in [-0.25, -0.2) is 4.79 Å². The number of aromatic nitrogens is 2. The second-order valence-electron chi connectivity index (χ2n) is 4.84. The molecule has 0 aliphatic rings. The first-order valence-electron chi connectivity index (χ1n) is 6.72. The highest BCUT2D eigenvalue weighted by molar-refractivity contribution is 9.10. The van der Waals surface area contributed by atoms with Crippen molar-refractivity contribution in [2.45, 2.75) is 18.9 Å². The lowest BCUT2D eigenvalue weighted by Crippen LogP contribution is -2.33. The van der Waals surface area contributed by atoms with Gasteiger partial charge >= 0.3 is 5.97 Å². The second kappa shape index (κ2) is 7.22. The van der Waals surface area contributed by atoms with Crippen molar-refractivity contribution in [3.8, 4) is 0 Å². The van der Waals surface area contributed by atoms with Crippen molar-refractivity contribution >= 4 is 27.8 Å². The molecule has 0 fully saturated rings. The van der Waals surface area contributed by atoms with Gasteiger partial charge in [0.1, 0.15) is 0 Å². The van der Waals surface area contributed by atoms with E-state index in [1.54, 1.807) is 42.2 Å². The molecule has 0 aliphatic heterocycles. The average Bonchev–Trinajstić information content (AvgIpc) is 2.89. The maximum absolute atomic E-state index is 12.0. The predicted molar refractivity (Wildman–Crippen MR) is 84.2 cm³/mol. The number of aryl methyl sites for hydroxylation is 2. The van der Waals surface area contributed by atoms with Crippen molar-refractivity contribution in [1.29, 1.82) is 0 Å². The molecular formula is C15H16BrN3O3. The first kappa shape index (κ1) is 16.2. The minimum atomic E-state index is -1.09. The Balaban J connectivity index is 1.99.